The number of rotatable bonds is 4. The van der Waals surface area contributed by atoms with Gasteiger partial charge in [-0.2, -0.15) is 0 Å². The van der Waals surface area contributed by atoms with Crippen LogP contribution in [0.1, 0.15) is 11.7 Å². The maximum absolute atomic E-state index is 11.9. The number of nitrogens with zero attached hydrogens (tertiary/aromatic N) is 1. The van der Waals surface area contributed by atoms with Gasteiger partial charge in [0.05, 0.1) is 5.57 Å². The van der Waals surface area contributed by atoms with E-state index in [4.69, 9.17) is 16.3 Å². The number of hydrogen-bond donors (Lipinski definition) is 1. The molecule has 0 saturated heterocycles. The molecule has 1 aromatic carbocycles. The molecule has 0 saturated carbocycles. The van der Waals surface area contributed by atoms with Gasteiger partial charge in [0, 0.05) is 23.0 Å². The van der Waals surface area contributed by atoms with E-state index in [1.165, 1.54) is 12.3 Å². The zero-order chi connectivity index (χ0) is 14.5. The Morgan fingerprint density at radius 1 is 1.35 bits per heavy atom. The number of pyridine rings is 1. The van der Waals surface area contributed by atoms with Crippen LogP contribution in [-0.4, -0.2) is 16.1 Å². The third-order valence-corrected chi connectivity index (χ3v) is 2.83. The summed E-state index contributed by atoms with van der Waals surface area (Å²) in [7, 11) is 0. The lowest BCUT2D eigenvalue weighted by Gasteiger charge is -2.13. The summed E-state index contributed by atoms with van der Waals surface area (Å²) in [6.07, 6.45) is 1.88. The van der Waals surface area contributed by atoms with Gasteiger partial charge in [0.15, 0.2) is 0 Å². The van der Waals surface area contributed by atoms with Gasteiger partial charge in [-0.15, -0.1) is 0 Å². The highest BCUT2D eigenvalue weighted by Gasteiger charge is 2.20. The van der Waals surface area contributed by atoms with Crippen LogP contribution < -0.4 is 4.74 Å². The molecule has 0 spiro atoms. The highest BCUT2D eigenvalue weighted by molar-refractivity contribution is 6.30. The molecule has 2 aromatic rings. The Labute approximate surface area is 121 Å². The fraction of sp³-hybridized carbons (Fsp3) is 0.0667. The highest BCUT2D eigenvalue weighted by atomic mass is 35.5. The maximum Gasteiger partial charge on any atom is 0.341 e. The molecule has 0 aliphatic heterocycles. The van der Waals surface area contributed by atoms with Crippen LogP contribution in [0.3, 0.4) is 0 Å². The molecular weight excluding hydrogens is 278 g/mol. The number of aliphatic hydroxyl groups is 1. The number of aromatic nitrogens is 1. The molecule has 1 unspecified atom stereocenters. The van der Waals surface area contributed by atoms with Crippen LogP contribution in [0.25, 0.3) is 0 Å². The molecule has 0 aliphatic rings. The Morgan fingerprint density at radius 3 is 2.80 bits per heavy atom. The number of ether oxygens (including phenoxy) is 1. The van der Waals surface area contributed by atoms with Crippen molar-refractivity contribution < 1.29 is 14.6 Å². The van der Waals surface area contributed by atoms with Crippen LogP contribution in [0.15, 0.2) is 60.9 Å². The van der Waals surface area contributed by atoms with E-state index in [0.29, 0.717) is 16.3 Å². The van der Waals surface area contributed by atoms with Gasteiger partial charge < -0.3 is 9.84 Å². The third kappa shape index (κ3) is 3.44. The van der Waals surface area contributed by atoms with Crippen molar-refractivity contribution in [3.63, 3.8) is 0 Å². The molecule has 1 heterocycles. The zero-order valence-electron chi connectivity index (χ0n) is 10.5. The standard InChI is InChI=1S/C15H12ClNO3/c1-10(14(18)11-4-3-7-17-9-11)15(19)20-13-6-2-5-12(16)8-13/h2-9,14,18H,1H2. The Hall–Kier alpha value is -2.17. The van der Waals surface area contributed by atoms with Crippen molar-refractivity contribution in [3.05, 3.63) is 71.5 Å². The van der Waals surface area contributed by atoms with Crippen molar-refractivity contribution in [2.24, 2.45) is 0 Å². The molecule has 5 heteroatoms. The number of carbonyl (C=O) groups excluding carboxylic acids is 1. The summed E-state index contributed by atoms with van der Waals surface area (Å²) in [5.74, 6) is -0.425. The maximum atomic E-state index is 11.9. The van der Waals surface area contributed by atoms with Crippen molar-refractivity contribution in [2.45, 2.75) is 6.10 Å². The predicted octanol–water partition coefficient (Wildman–Crippen LogP) is 2.93. The van der Waals surface area contributed by atoms with Gasteiger partial charge in [0.25, 0.3) is 0 Å². The third-order valence-electron chi connectivity index (χ3n) is 2.60. The molecule has 0 radical (unpaired) electrons. The first-order chi connectivity index (χ1) is 9.58. The largest absolute Gasteiger partial charge is 0.423 e. The van der Waals surface area contributed by atoms with E-state index in [0.717, 1.165) is 0 Å². The minimum absolute atomic E-state index is 0.0713. The van der Waals surface area contributed by atoms with Gasteiger partial charge in [-0.25, -0.2) is 4.79 Å². The fourth-order valence-electron chi connectivity index (χ4n) is 1.55. The van der Waals surface area contributed by atoms with E-state index in [9.17, 15) is 9.90 Å². The van der Waals surface area contributed by atoms with Crippen molar-refractivity contribution >= 4 is 17.6 Å². The van der Waals surface area contributed by atoms with Crippen molar-refractivity contribution in [3.8, 4) is 5.75 Å². The van der Waals surface area contributed by atoms with E-state index in [-0.39, 0.29) is 5.57 Å². The topological polar surface area (TPSA) is 59.4 Å². The molecule has 1 atom stereocenters. The lowest BCUT2D eigenvalue weighted by molar-refractivity contribution is -0.131. The Kier molecular flexibility index (Phi) is 4.50. The quantitative estimate of drug-likeness (QED) is 0.534. The predicted molar refractivity (Wildman–Crippen MR) is 75.4 cm³/mol. The molecule has 1 aromatic heterocycles. The first-order valence-electron chi connectivity index (χ1n) is 5.82. The lowest BCUT2D eigenvalue weighted by atomic mass is 10.1. The number of hydrogen-bond acceptors (Lipinski definition) is 4. The number of esters is 1. The summed E-state index contributed by atoms with van der Waals surface area (Å²) in [6.45, 7) is 3.56. The van der Waals surface area contributed by atoms with E-state index in [2.05, 4.69) is 11.6 Å². The molecule has 4 nitrogen and oxygen atoms in total. The number of benzene rings is 1. The number of aliphatic hydroxyl groups excluding tert-OH is 1. The number of carbonyl (C=O) groups is 1. The lowest BCUT2D eigenvalue weighted by Crippen LogP contribution is -2.16. The van der Waals surface area contributed by atoms with Crippen LogP contribution in [0.5, 0.6) is 5.75 Å². The highest BCUT2D eigenvalue weighted by Crippen LogP contribution is 2.23. The second kappa shape index (κ2) is 6.32. The molecule has 0 amide bonds. The zero-order valence-corrected chi connectivity index (χ0v) is 11.2. The summed E-state index contributed by atoms with van der Waals surface area (Å²) in [6, 6.07) is 9.73. The molecule has 0 bridgehead atoms. The van der Waals surface area contributed by atoms with Gasteiger partial charge in [-0.05, 0) is 24.3 Å². The summed E-state index contributed by atoms with van der Waals surface area (Å²) in [5, 5.41) is 10.5. The summed E-state index contributed by atoms with van der Waals surface area (Å²) < 4.78 is 5.10. The van der Waals surface area contributed by atoms with Gasteiger partial charge in [0.1, 0.15) is 11.9 Å². The summed E-state index contributed by atoms with van der Waals surface area (Å²) >= 11 is 5.79. The molecule has 20 heavy (non-hydrogen) atoms. The van der Waals surface area contributed by atoms with Crippen LogP contribution in [0.2, 0.25) is 5.02 Å². The molecule has 102 valence electrons. The van der Waals surface area contributed by atoms with E-state index >= 15 is 0 Å². The van der Waals surface area contributed by atoms with Crippen LogP contribution >= 0.6 is 11.6 Å². The van der Waals surface area contributed by atoms with Gasteiger partial charge >= 0.3 is 5.97 Å². The van der Waals surface area contributed by atoms with Crippen LogP contribution in [0.4, 0.5) is 0 Å². The summed E-state index contributed by atoms with van der Waals surface area (Å²) in [5.41, 5.74) is 0.401. The second-order valence-electron chi connectivity index (χ2n) is 4.06. The van der Waals surface area contributed by atoms with E-state index in [1.54, 1.807) is 36.5 Å². The van der Waals surface area contributed by atoms with Crippen molar-refractivity contribution in [2.75, 3.05) is 0 Å². The second-order valence-corrected chi connectivity index (χ2v) is 4.50. The Bertz CT molecular complexity index is 628. The van der Waals surface area contributed by atoms with E-state index in [1.807, 2.05) is 0 Å². The molecule has 0 fully saturated rings. The Balaban J connectivity index is 2.08. The Morgan fingerprint density at radius 2 is 2.15 bits per heavy atom. The smallest absolute Gasteiger partial charge is 0.341 e. The molecule has 1 N–H and O–H groups in total. The minimum Gasteiger partial charge on any atom is -0.423 e. The fourth-order valence-corrected chi connectivity index (χ4v) is 1.73. The molecule has 0 aliphatic carbocycles. The van der Waals surface area contributed by atoms with Crippen molar-refractivity contribution in [1.29, 1.82) is 0 Å². The SMILES string of the molecule is C=C(C(=O)Oc1cccc(Cl)c1)C(O)c1cccnc1. The molecule has 2 rings (SSSR count). The van der Waals surface area contributed by atoms with Crippen molar-refractivity contribution in [1.82, 2.24) is 4.98 Å². The monoisotopic (exact) mass is 289 g/mol. The average Bonchev–Trinajstić information content (AvgIpc) is 2.46. The van der Waals surface area contributed by atoms with Crippen LogP contribution in [0, 0.1) is 0 Å². The average molecular weight is 290 g/mol. The van der Waals surface area contributed by atoms with Gasteiger partial charge in [-0.3, -0.25) is 4.98 Å². The first kappa shape index (κ1) is 14.2. The minimum atomic E-state index is -1.16. The summed E-state index contributed by atoms with van der Waals surface area (Å²) in [4.78, 5) is 15.8. The van der Waals surface area contributed by atoms with Gasteiger partial charge in [-0.1, -0.05) is 30.3 Å². The normalized spacial score (nSPS) is 11.7. The number of halogens is 1. The van der Waals surface area contributed by atoms with E-state index < -0.39 is 12.1 Å². The van der Waals surface area contributed by atoms with Gasteiger partial charge in [0.2, 0.25) is 0 Å². The first-order valence-corrected chi connectivity index (χ1v) is 6.20. The molecular formula is C15H12ClNO3. The van der Waals surface area contributed by atoms with Crippen LogP contribution in [-0.2, 0) is 4.79 Å².